The third kappa shape index (κ3) is 6.57. The van der Waals surface area contributed by atoms with Crippen molar-refractivity contribution in [2.45, 2.75) is 38.6 Å². The van der Waals surface area contributed by atoms with E-state index in [9.17, 15) is 0 Å². The third-order valence-electron chi connectivity index (χ3n) is 4.72. The van der Waals surface area contributed by atoms with Crippen molar-refractivity contribution in [3.8, 4) is 0 Å². The van der Waals surface area contributed by atoms with E-state index in [0.717, 1.165) is 38.7 Å². The summed E-state index contributed by atoms with van der Waals surface area (Å²) in [6.45, 7) is 7.43. The number of aryl methyl sites for hydroxylation is 1. The van der Waals surface area contributed by atoms with E-state index in [-0.39, 0.29) is 0 Å². The number of guanidine groups is 1. The molecule has 0 radical (unpaired) electrons. The zero-order valence-electron chi connectivity index (χ0n) is 16.3. The highest BCUT2D eigenvalue weighted by atomic mass is 15.3. The third-order valence-corrected chi connectivity index (χ3v) is 4.72. The number of unbranched alkanes of at least 4 members (excludes halogenated alkanes) is 1. The molecule has 7 heteroatoms. The summed E-state index contributed by atoms with van der Waals surface area (Å²) in [5.41, 5.74) is 1.20. The summed E-state index contributed by atoms with van der Waals surface area (Å²) >= 11 is 0. The smallest absolute Gasteiger partial charge is 0.191 e. The van der Waals surface area contributed by atoms with Crippen LogP contribution in [0.1, 0.15) is 32.6 Å². The molecular weight excluding hydrogens is 314 g/mol. The molecule has 2 heterocycles. The normalized spacial score (nSPS) is 18.7. The minimum absolute atomic E-state index is 0.415. The SMILES string of the molecule is CCCCN(C)CCNC(=NC)NC1CCCN(c2cnn(C)c2)C1. The van der Waals surface area contributed by atoms with Gasteiger partial charge in [-0.1, -0.05) is 13.3 Å². The van der Waals surface area contributed by atoms with Crippen LogP contribution in [0.3, 0.4) is 0 Å². The van der Waals surface area contributed by atoms with Crippen LogP contribution in [0, 0.1) is 0 Å². The van der Waals surface area contributed by atoms with Crippen molar-refractivity contribution in [3.05, 3.63) is 12.4 Å². The second kappa shape index (κ2) is 10.3. The van der Waals surface area contributed by atoms with Crippen LogP contribution >= 0.6 is 0 Å². The fourth-order valence-electron chi connectivity index (χ4n) is 3.19. The summed E-state index contributed by atoms with van der Waals surface area (Å²) in [6.07, 6.45) is 8.90. The Morgan fingerprint density at radius 1 is 1.44 bits per heavy atom. The molecule has 2 rings (SSSR count). The number of piperidine rings is 1. The fourth-order valence-corrected chi connectivity index (χ4v) is 3.19. The molecule has 1 atom stereocenters. The molecule has 0 aromatic carbocycles. The number of anilines is 1. The van der Waals surface area contributed by atoms with Gasteiger partial charge in [-0.2, -0.15) is 5.10 Å². The van der Waals surface area contributed by atoms with Crippen LogP contribution in [0.5, 0.6) is 0 Å². The summed E-state index contributed by atoms with van der Waals surface area (Å²) in [7, 11) is 5.99. The zero-order chi connectivity index (χ0) is 18.1. The number of nitrogens with zero attached hydrogens (tertiary/aromatic N) is 5. The molecule has 7 nitrogen and oxygen atoms in total. The summed E-state index contributed by atoms with van der Waals surface area (Å²) in [5.74, 6) is 0.905. The molecule has 1 aliphatic heterocycles. The first-order chi connectivity index (χ1) is 12.1. The Labute approximate surface area is 152 Å². The van der Waals surface area contributed by atoms with Gasteiger partial charge in [0, 0.05) is 52.5 Å². The second-order valence-corrected chi connectivity index (χ2v) is 6.96. The maximum absolute atomic E-state index is 4.38. The lowest BCUT2D eigenvalue weighted by atomic mass is 10.1. The highest BCUT2D eigenvalue weighted by molar-refractivity contribution is 5.80. The van der Waals surface area contributed by atoms with E-state index in [1.54, 1.807) is 0 Å². The quantitative estimate of drug-likeness (QED) is 0.547. The Kier molecular flexibility index (Phi) is 8.04. The average molecular weight is 350 g/mol. The number of hydrogen-bond donors (Lipinski definition) is 2. The molecule has 2 N–H and O–H groups in total. The lowest BCUT2D eigenvalue weighted by Crippen LogP contribution is -2.52. The molecule has 142 valence electrons. The van der Waals surface area contributed by atoms with Crippen LogP contribution in [0.15, 0.2) is 17.4 Å². The van der Waals surface area contributed by atoms with E-state index in [0.29, 0.717) is 6.04 Å². The molecular formula is C18H35N7. The minimum atomic E-state index is 0.415. The summed E-state index contributed by atoms with van der Waals surface area (Å²) in [5, 5.41) is 11.3. The Hall–Kier alpha value is -1.76. The molecule has 1 aromatic heterocycles. The lowest BCUT2D eigenvalue weighted by Gasteiger charge is -2.34. The van der Waals surface area contributed by atoms with Crippen LogP contribution < -0.4 is 15.5 Å². The molecule has 0 spiro atoms. The first-order valence-electron chi connectivity index (χ1n) is 9.51. The number of likely N-dealkylation sites (N-methyl/N-ethyl adjacent to an activating group) is 1. The molecule has 1 fully saturated rings. The van der Waals surface area contributed by atoms with E-state index in [2.05, 4.69) is 50.7 Å². The predicted molar refractivity (Wildman–Crippen MR) is 105 cm³/mol. The maximum atomic E-state index is 4.38. The van der Waals surface area contributed by atoms with Crippen molar-refractivity contribution >= 4 is 11.6 Å². The van der Waals surface area contributed by atoms with Crippen LogP contribution in [0.25, 0.3) is 0 Å². The number of aliphatic imine (C=N–C) groups is 1. The van der Waals surface area contributed by atoms with E-state index >= 15 is 0 Å². The zero-order valence-corrected chi connectivity index (χ0v) is 16.3. The second-order valence-electron chi connectivity index (χ2n) is 6.96. The number of nitrogens with one attached hydrogen (secondary N) is 2. The van der Waals surface area contributed by atoms with Crippen molar-refractivity contribution in [1.29, 1.82) is 0 Å². The summed E-state index contributed by atoms with van der Waals surface area (Å²) in [4.78, 5) is 9.16. The lowest BCUT2D eigenvalue weighted by molar-refractivity contribution is 0.331. The van der Waals surface area contributed by atoms with Crippen molar-refractivity contribution in [2.75, 3.05) is 51.7 Å². The topological polar surface area (TPSA) is 60.7 Å². The van der Waals surface area contributed by atoms with Gasteiger partial charge in [0.25, 0.3) is 0 Å². The largest absolute Gasteiger partial charge is 0.367 e. The highest BCUT2D eigenvalue weighted by Crippen LogP contribution is 2.18. The van der Waals surface area contributed by atoms with Gasteiger partial charge >= 0.3 is 0 Å². The van der Waals surface area contributed by atoms with Gasteiger partial charge in [-0.25, -0.2) is 0 Å². The molecule has 1 aromatic rings. The van der Waals surface area contributed by atoms with Crippen LogP contribution in [0.4, 0.5) is 5.69 Å². The van der Waals surface area contributed by atoms with Gasteiger partial charge in [0.1, 0.15) is 0 Å². The number of aromatic nitrogens is 2. The molecule has 0 saturated carbocycles. The number of hydrogen-bond acceptors (Lipinski definition) is 4. The summed E-state index contributed by atoms with van der Waals surface area (Å²) in [6, 6.07) is 0.415. The minimum Gasteiger partial charge on any atom is -0.367 e. The summed E-state index contributed by atoms with van der Waals surface area (Å²) < 4.78 is 1.86. The molecule has 25 heavy (non-hydrogen) atoms. The Morgan fingerprint density at radius 3 is 2.96 bits per heavy atom. The van der Waals surface area contributed by atoms with Gasteiger partial charge in [0.15, 0.2) is 5.96 Å². The highest BCUT2D eigenvalue weighted by Gasteiger charge is 2.21. The number of rotatable bonds is 8. The maximum Gasteiger partial charge on any atom is 0.191 e. The molecule has 0 bridgehead atoms. The Morgan fingerprint density at radius 2 is 2.28 bits per heavy atom. The van der Waals surface area contributed by atoms with Gasteiger partial charge in [0.2, 0.25) is 0 Å². The standard InChI is InChI=1S/C18H35N7/c1-5-6-10-23(3)12-9-20-18(19-2)22-16-8-7-11-25(14-16)17-13-21-24(4)15-17/h13,15-16H,5-12,14H2,1-4H3,(H2,19,20,22). The monoisotopic (exact) mass is 349 g/mol. The van der Waals surface area contributed by atoms with Crippen molar-refractivity contribution in [2.24, 2.45) is 12.0 Å². The van der Waals surface area contributed by atoms with Crippen LogP contribution in [0.2, 0.25) is 0 Å². The van der Waals surface area contributed by atoms with E-state index < -0.39 is 0 Å². The van der Waals surface area contributed by atoms with Gasteiger partial charge in [-0.3, -0.25) is 9.67 Å². The fraction of sp³-hybridized carbons (Fsp3) is 0.778. The molecule has 1 aliphatic rings. The van der Waals surface area contributed by atoms with Crippen molar-refractivity contribution in [3.63, 3.8) is 0 Å². The molecule has 0 amide bonds. The van der Waals surface area contributed by atoms with E-state index in [1.165, 1.54) is 31.4 Å². The van der Waals surface area contributed by atoms with Crippen molar-refractivity contribution < 1.29 is 0 Å². The molecule has 1 saturated heterocycles. The molecule has 1 unspecified atom stereocenters. The average Bonchev–Trinajstić information content (AvgIpc) is 3.05. The van der Waals surface area contributed by atoms with Gasteiger partial charge in [-0.05, 0) is 32.9 Å². The Balaban J connectivity index is 1.75. The van der Waals surface area contributed by atoms with Crippen LogP contribution in [-0.2, 0) is 7.05 Å². The van der Waals surface area contributed by atoms with Gasteiger partial charge in [0.05, 0.1) is 11.9 Å². The van der Waals surface area contributed by atoms with Crippen LogP contribution in [-0.4, -0.2) is 73.5 Å². The van der Waals surface area contributed by atoms with E-state index in [4.69, 9.17) is 0 Å². The predicted octanol–water partition coefficient (Wildman–Crippen LogP) is 1.29. The first kappa shape index (κ1) is 19.6. The molecule has 0 aliphatic carbocycles. The first-order valence-corrected chi connectivity index (χ1v) is 9.51. The van der Waals surface area contributed by atoms with Gasteiger partial charge < -0.3 is 20.4 Å². The van der Waals surface area contributed by atoms with Gasteiger partial charge in [-0.15, -0.1) is 0 Å². The Bertz CT molecular complexity index is 525. The van der Waals surface area contributed by atoms with Crippen molar-refractivity contribution in [1.82, 2.24) is 25.3 Å². The van der Waals surface area contributed by atoms with E-state index in [1.807, 2.05) is 25.0 Å².